The molecule has 0 bridgehead atoms. The standard InChI is InChI=1S/C19H26N4O3/c1-22-13-11-20-16(22)9-7-14-6-4-5-12-23(14)19(24)15-8-10-17(25-2)21-18(15)26-3/h8,10-11,13-14H,4-7,9,12H2,1-3H3/t14-/m0/s1. The van der Waals surface area contributed by atoms with Crippen molar-refractivity contribution in [3.05, 3.63) is 35.9 Å². The van der Waals surface area contributed by atoms with E-state index in [1.807, 2.05) is 28.9 Å². The lowest BCUT2D eigenvalue weighted by molar-refractivity contribution is 0.0596. The molecule has 1 aliphatic heterocycles. The molecule has 2 aromatic heterocycles. The molecule has 1 saturated heterocycles. The lowest BCUT2D eigenvalue weighted by atomic mass is 9.96. The number of amides is 1. The van der Waals surface area contributed by atoms with Gasteiger partial charge in [-0.3, -0.25) is 4.79 Å². The van der Waals surface area contributed by atoms with Gasteiger partial charge in [0.05, 0.1) is 14.2 Å². The predicted octanol–water partition coefficient (Wildman–Crippen LogP) is 2.46. The maximum absolute atomic E-state index is 13.2. The van der Waals surface area contributed by atoms with Gasteiger partial charge in [-0.25, -0.2) is 4.98 Å². The average Bonchev–Trinajstić information content (AvgIpc) is 3.10. The van der Waals surface area contributed by atoms with Gasteiger partial charge in [0.15, 0.2) is 0 Å². The Morgan fingerprint density at radius 1 is 1.27 bits per heavy atom. The Hall–Kier alpha value is -2.57. The highest BCUT2D eigenvalue weighted by atomic mass is 16.5. The van der Waals surface area contributed by atoms with Gasteiger partial charge in [0.2, 0.25) is 11.8 Å². The quantitative estimate of drug-likeness (QED) is 0.793. The third-order valence-corrected chi connectivity index (χ3v) is 4.98. The summed E-state index contributed by atoms with van der Waals surface area (Å²) in [4.78, 5) is 23.8. The number of hydrogen-bond donors (Lipinski definition) is 0. The van der Waals surface area contributed by atoms with Crippen LogP contribution in [-0.4, -0.2) is 52.1 Å². The largest absolute Gasteiger partial charge is 0.481 e. The first-order chi connectivity index (χ1) is 12.6. The molecular formula is C19H26N4O3. The van der Waals surface area contributed by atoms with Gasteiger partial charge in [0.25, 0.3) is 5.91 Å². The summed E-state index contributed by atoms with van der Waals surface area (Å²) in [5.74, 6) is 1.76. The molecule has 3 rings (SSSR count). The van der Waals surface area contributed by atoms with Crippen LogP contribution in [0.1, 0.15) is 41.9 Å². The highest BCUT2D eigenvalue weighted by Gasteiger charge is 2.29. The van der Waals surface area contributed by atoms with Gasteiger partial charge in [0.1, 0.15) is 11.4 Å². The van der Waals surface area contributed by atoms with Crippen LogP contribution in [-0.2, 0) is 13.5 Å². The molecule has 2 aromatic rings. The topological polar surface area (TPSA) is 69.5 Å². The van der Waals surface area contributed by atoms with Gasteiger partial charge >= 0.3 is 0 Å². The van der Waals surface area contributed by atoms with E-state index in [0.717, 1.165) is 44.5 Å². The summed E-state index contributed by atoms with van der Waals surface area (Å²) in [5.41, 5.74) is 0.484. The van der Waals surface area contributed by atoms with Crippen LogP contribution in [0.4, 0.5) is 0 Å². The number of rotatable bonds is 6. The van der Waals surface area contributed by atoms with Crippen LogP contribution in [0.2, 0.25) is 0 Å². The molecule has 0 saturated carbocycles. The van der Waals surface area contributed by atoms with Crippen molar-refractivity contribution in [3.8, 4) is 11.8 Å². The first-order valence-corrected chi connectivity index (χ1v) is 9.00. The van der Waals surface area contributed by atoms with Gasteiger partial charge in [-0.15, -0.1) is 0 Å². The fourth-order valence-electron chi connectivity index (χ4n) is 3.51. The lowest BCUT2D eigenvalue weighted by Gasteiger charge is -2.36. The van der Waals surface area contributed by atoms with Crippen molar-refractivity contribution in [1.29, 1.82) is 0 Å². The molecule has 26 heavy (non-hydrogen) atoms. The molecule has 0 N–H and O–H groups in total. The molecule has 1 atom stereocenters. The van der Waals surface area contributed by atoms with Crippen LogP contribution in [0.25, 0.3) is 0 Å². The first kappa shape index (κ1) is 18.2. The van der Waals surface area contributed by atoms with Gasteiger partial charge in [0, 0.05) is 44.5 Å². The van der Waals surface area contributed by atoms with E-state index in [2.05, 4.69) is 9.97 Å². The van der Waals surface area contributed by atoms with Crippen LogP contribution < -0.4 is 9.47 Å². The Balaban J connectivity index is 1.76. The average molecular weight is 358 g/mol. The molecular weight excluding hydrogens is 332 g/mol. The van der Waals surface area contributed by atoms with Crippen LogP contribution in [0.5, 0.6) is 11.8 Å². The number of carbonyl (C=O) groups excluding carboxylic acids is 1. The molecule has 1 fully saturated rings. The van der Waals surface area contributed by atoms with Crippen LogP contribution in [0.3, 0.4) is 0 Å². The van der Waals surface area contributed by atoms with E-state index >= 15 is 0 Å². The first-order valence-electron chi connectivity index (χ1n) is 9.00. The Bertz CT molecular complexity index is 759. The minimum atomic E-state index is -0.0263. The van der Waals surface area contributed by atoms with E-state index in [4.69, 9.17) is 9.47 Å². The maximum atomic E-state index is 13.2. The molecule has 0 spiro atoms. The second kappa shape index (κ2) is 8.21. The number of piperidine rings is 1. The number of carbonyl (C=O) groups is 1. The second-order valence-electron chi connectivity index (χ2n) is 6.55. The smallest absolute Gasteiger partial charge is 0.259 e. The molecule has 7 heteroatoms. The number of pyridine rings is 1. The Morgan fingerprint density at radius 3 is 2.81 bits per heavy atom. The fourth-order valence-corrected chi connectivity index (χ4v) is 3.51. The van der Waals surface area contributed by atoms with E-state index in [9.17, 15) is 4.79 Å². The molecule has 3 heterocycles. The molecule has 0 aliphatic carbocycles. The molecule has 140 valence electrons. The Kier molecular flexibility index (Phi) is 5.75. The number of methoxy groups -OCH3 is 2. The molecule has 0 aromatic carbocycles. The van der Waals surface area contributed by atoms with Crippen molar-refractivity contribution in [2.75, 3.05) is 20.8 Å². The monoisotopic (exact) mass is 358 g/mol. The summed E-state index contributed by atoms with van der Waals surface area (Å²) < 4.78 is 12.5. The summed E-state index contributed by atoms with van der Waals surface area (Å²) in [5, 5.41) is 0. The summed E-state index contributed by atoms with van der Waals surface area (Å²) in [6.07, 6.45) is 8.71. The molecule has 1 amide bonds. The Labute approximate surface area is 154 Å². The molecule has 0 radical (unpaired) electrons. The number of hydrogen-bond acceptors (Lipinski definition) is 5. The van der Waals surface area contributed by atoms with Crippen LogP contribution >= 0.6 is 0 Å². The van der Waals surface area contributed by atoms with Crippen molar-refractivity contribution < 1.29 is 14.3 Å². The maximum Gasteiger partial charge on any atom is 0.259 e. The summed E-state index contributed by atoms with van der Waals surface area (Å²) in [7, 11) is 5.06. The lowest BCUT2D eigenvalue weighted by Crippen LogP contribution is -2.44. The molecule has 7 nitrogen and oxygen atoms in total. The second-order valence-corrected chi connectivity index (χ2v) is 6.55. The zero-order valence-electron chi connectivity index (χ0n) is 15.6. The van der Waals surface area contributed by atoms with Crippen molar-refractivity contribution in [3.63, 3.8) is 0 Å². The minimum absolute atomic E-state index is 0.0263. The zero-order chi connectivity index (χ0) is 18.5. The van der Waals surface area contributed by atoms with E-state index in [1.54, 1.807) is 19.2 Å². The summed E-state index contributed by atoms with van der Waals surface area (Å²) >= 11 is 0. The van der Waals surface area contributed by atoms with Gasteiger partial charge < -0.3 is 18.9 Å². The fraction of sp³-hybridized carbons (Fsp3) is 0.526. The third-order valence-electron chi connectivity index (χ3n) is 4.98. The van der Waals surface area contributed by atoms with Gasteiger partial charge in [-0.05, 0) is 31.7 Å². The molecule has 1 aliphatic rings. The van der Waals surface area contributed by atoms with Gasteiger partial charge in [-0.1, -0.05) is 0 Å². The number of likely N-dealkylation sites (tertiary alicyclic amines) is 1. The SMILES string of the molecule is COc1ccc(C(=O)N2CCCC[C@H]2CCc2nccn2C)c(OC)n1. The zero-order valence-corrected chi connectivity index (χ0v) is 15.6. The van der Waals surface area contributed by atoms with Gasteiger partial charge in [-0.2, -0.15) is 4.98 Å². The van der Waals surface area contributed by atoms with Crippen molar-refractivity contribution in [2.24, 2.45) is 7.05 Å². The number of aryl methyl sites for hydroxylation is 2. The predicted molar refractivity (Wildman–Crippen MR) is 97.5 cm³/mol. The van der Waals surface area contributed by atoms with E-state index < -0.39 is 0 Å². The van der Waals surface area contributed by atoms with Crippen molar-refractivity contribution in [2.45, 2.75) is 38.1 Å². The number of ether oxygens (including phenoxy) is 2. The van der Waals surface area contributed by atoms with E-state index in [0.29, 0.717) is 17.3 Å². The minimum Gasteiger partial charge on any atom is -0.481 e. The highest BCUT2D eigenvalue weighted by molar-refractivity contribution is 5.96. The van der Waals surface area contributed by atoms with Crippen LogP contribution in [0.15, 0.2) is 24.5 Å². The number of aromatic nitrogens is 3. The number of imidazole rings is 1. The Morgan fingerprint density at radius 2 is 2.12 bits per heavy atom. The third kappa shape index (κ3) is 3.81. The highest BCUT2D eigenvalue weighted by Crippen LogP contribution is 2.27. The van der Waals surface area contributed by atoms with Crippen LogP contribution in [0, 0.1) is 0 Å². The van der Waals surface area contributed by atoms with Crippen molar-refractivity contribution >= 4 is 5.91 Å². The number of nitrogens with zero attached hydrogens (tertiary/aromatic N) is 4. The molecule has 0 unspecified atom stereocenters. The van der Waals surface area contributed by atoms with E-state index in [-0.39, 0.29) is 11.9 Å². The normalized spacial score (nSPS) is 17.2. The van der Waals surface area contributed by atoms with E-state index in [1.165, 1.54) is 7.11 Å². The summed E-state index contributed by atoms with van der Waals surface area (Å²) in [6, 6.07) is 3.64. The van der Waals surface area contributed by atoms with Crippen molar-refractivity contribution in [1.82, 2.24) is 19.4 Å². The summed E-state index contributed by atoms with van der Waals surface area (Å²) in [6.45, 7) is 0.763.